The molecule has 4 unspecified atom stereocenters. The zero-order chi connectivity index (χ0) is 19.5. The van der Waals surface area contributed by atoms with Gasteiger partial charge in [0.15, 0.2) is 0 Å². The molecule has 3 heteroatoms. The van der Waals surface area contributed by atoms with Crippen LogP contribution in [0.25, 0.3) is 0 Å². The lowest BCUT2D eigenvalue weighted by Gasteiger charge is -2.66. The summed E-state index contributed by atoms with van der Waals surface area (Å²) >= 11 is 0. The van der Waals surface area contributed by atoms with Crippen LogP contribution in [0.4, 0.5) is 0 Å². The molecule has 5 saturated carbocycles. The number of rotatable bonds is 4. The third kappa shape index (κ3) is 2.06. The van der Waals surface area contributed by atoms with Crippen LogP contribution in [0, 0.1) is 22.7 Å². The van der Waals surface area contributed by atoms with Crippen molar-refractivity contribution in [3.8, 4) is 0 Å². The number of benzene rings is 1. The Labute approximate surface area is 174 Å². The average molecular weight is 391 g/mol. The van der Waals surface area contributed by atoms with Gasteiger partial charge in [-0.05, 0) is 86.1 Å². The minimum absolute atomic E-state index is 0.120. The molecule has 1 spiro atoms. The Kier molecular flexibility index (Phi) is 3.15. The topological polar surface area (TPSA) is 32.3 Å². The van der Waals surface area contributed by atoms with Gasteiger partial charge in [-0.25, -0.2) is 0 Å². The lowest BCUT2D eigenvalue weighted by Crippen LogP contribution is -2.70. The first kappa shape index (κ1) is 17.3. The van der Waals surface area contributed by atoms with E-state index in [9.17, 15) is 4.79 Å². The summed E-state index contributed by atoms with van der Waals surface area (Å²) in [5.74, 6) is 2.03. The summed E-state index contributed by atoms with van der Waals surface area (Å²) < 4.78 is 0. The molecule has 1 N–H and O–H groups in total. The van der Waals surface area contributed by atoms with E-state index in [2.05, 4.69) is 47.5 Å². The van der Waals surface area contributed by atoms with E-state index in [0.717, 1.165) is 37.6 Å². The Hall–Kier alpha value is -1.35. The average Bonchev–Trinajstić information content (AvgIpc) is 3.41. The maximum absolute atomic E-state index is 14.0. The Bertz CT molecular complexity index is 884. The molecule has 4 bridgehead atoms. The Balaban J connectivity index is 1.23. The minimum Gasteiger partial charge on any atom is -0.350 e. The van der Waals surface area contributed by atoms with Crippen LogP contribution in [0.2, 0.25) is 0 Å². The second-order valence-corrected chi connectivity index (χ2v) is 11.9. The fourth-order valence-electron chi connectivity index (χ4n) is 9.65. The first-order valence-corrected chi connectivity index (χ1v) is 12.1. The molecule has 0 aromatic heterocycles. The molecule has 7 aliphatic rings. The summed E-state index contributed by atoms with van der Waals surface area (Å²) in [6.45, 7) is 4.75. The van der Waals surface area contributed by atoms with Gasteiger partial charge in [0, 0.05) is 12.1 Å². The Morgan fingerprint density at radius 1 is 1.10 bits per heavy atom. The van der Waals surface area contributed by atoms with Gasteiger partial charge in [0.2, 0.25) is 5.91 Å². The molecule has 29 heavy (non-hydrogen) atoms. The second-order valence-electron chi connectivity index (χ2n) is 11.9. The van der Waals surface area contributed by atoms with Crippen LogP contribution in [-0.2, 0) is 10.2 Å². The van der Waals surface area contributed by atoms with Crippen LogP contribution in [0.3, 0.4) is 0 Å². The van der Waals surface area contributed by atoms with Gasteiger partial charge in [-0.3, -0.25) is 9.69 Å². The Morgan fingerprint density at radius 2 is 1.97 bits per heavy atom. The van der Waals surface area contributed by atoms with Crippen molar-refractivity contribution in [1.82, 2.24) is 10.2 Å². The van der Waals surface area contributed by atoms with E-state index >= 15 is 0 Å². The molecular weight excluding hydrogens is 356 g/mol. The summed E-state index contributed by atoms with van der Waals surface area (Å²) in [7, 11) is 0. The van der Waals surface area contributed by atoms with Gasteiger partial charge in [-0.1, -0.05) is 43.7 Å². The van der Waals surface area contributed by atoms with E-state index in [1.54, 1.807) is 0 Å². The smallest absolute Gasteiger partial charge is 0.226 e. The zero-order valence-corrected chi connectivity index (χ0v) is 17.8. The Morgan fingerprint density at radius 3 is 2.72 bits per heavy atom. The number of nitrogens with one attached hydrogen (secondary N) is 1. The van der Waals surface area contributed by atoms with E-state index in [1.807, 2.05) is 0 Å². The molecule has 154 valence electrons. The normalized spacial score (nSPS) is 51.3. The summed E-state index contributed by atoms with van der Waals surface area (Å²) in [5, 5.41) is 3.66. The molecule has 1 amide bonds. The lowest BCUT2D eigenvalue weighted by molar-refractivity contribution is -0.165. The number of hydrogen-bond donors (Lipinski definition) is 1. The van der Waals surface area contributed by atoms with Crippen molar-refractivity contribution in [3.05, 3.63) is 35.9 Å². The molecule has 2 saturated heterocycles. The number of amides is 1. The van der Waals surface area contributed by atoms with Crippen LogP contribution in [0.1, 0.15) is 70.3 Å². The van der Waals surface area contributed by atoms with Crippen molar-refractivity contribution in [2.45, 2.75) is 81.7 Å². The standard InChI is InChI=1S/C26H34N2O/c1-2-23-10-18-11-24(15-23,19-6-4-3-5-7-19)17-25(12-18,16-23)22(29)27-21-14-28-9-8-20-13-26(20,21)28/h3-7,18,20-21H,2,8-17H2,1H3,(H,27,29)/t18?,20?,21-,23-,24-,25?,26?/m0/s1. The van der Waals surface area contributed by atoms with Crippen molar-refractivity contribution < 1.29 is 4.79 Å². The summed E-state index contributed by atoms with van der Waals surface area (Å²) in [5.41, 5.74) is 2.38. The molecule has 7 atom stereocenters. The minimum atomic E-state index is -0.120. The van der Waals surface area contributed by atoms with Crippen molar-refractivity contribution in [2.24, 2.45) is 22.7 Å². The third-order valence-corrected chi connectivity index (χ3v) is 10.6. The molecule has 0 radical (unpaired) electrons. The summed E-state index contributed by atoms with van der Waals surface area (Å²) in [6.07, 6.45) is 11.2. The van der Waals surface area contributed by atoms with Crippen LogP contribution >= 0.6 is 0 Å². The van der Waals surface area contributed by atoms with E-state index in [0.29, 0.717) is 22.9 Å². The van der Waals surface area contributed by atoms with Gasteiger partial charge in [-0.2, -0.15) is 0 Å². The van der Waals surface area contributed by atoms with E-state index in [1.165, 1.54) is 50.6 Å². The SMILES string of the molecule is CC[C@@]12CC3CC(C(=O)N[C@H]4CN5CCC6CC645)(C1)C[C@](c1ccccc1)(C3)C2. The summed E-state index contributed by atoms with van der Waals surface area (Å²) in [4.78, 5) is 16.6. The molecule has 1 aromatic rings. The van der Waals surface area contributed by atoms with Crippen molar-refractivity contribution in [1.29, 1.82) is 0 Å². The quantitative estimate of drug-likeness (QED) is 0.833. The molecule has 7 fully saturated rings. The molecule has 1 aromatic carbocycles. The highest BCUT2D eigenvalue weighted by molar-refractivity contribution is 5.84. The van der Waals surface area contributed by atoms with Crippen molar-refractivity contribution in [2.75, 3.05) is 13.1 Å². The van der Waals surface area contributed by atoms with Gasteiger partial charge in [0.05, 0.1) is 11.5 Å². The molecular formula is C26H34N2O. The number of carbonyl (C=O) groups excluding carboxylic acids is 1. The molecule has 3 nitrogen and oxygen atoms in total. The highest BCUT2D eigenvalue weighted by Crippen LogP contribution is 2.71. The van der Waals surface area contributed by atoms with E-state index in [-0.39, 0.29) is 10.8 Å². The van der Waals surface area contributed by atoms with Crippen LogP contribution in [0.15, 0.2) is 30.3 Å². The first-order chi connectivity index (χ1) is 14.0. The third-order valence-electron chi connectivity index (χ3n) is 10.6. The van der Waals surface area contributed by atoms with Crippen LogP contribution < -0.4 is 5.32 Å². The largest absolute Gasteiger partial charge is 0.350 e. The monoisotopic (exact) mass is 390 g/mol. The second kappa shape index (κ2) is 5.28. The molecule has 8 rings (SSSR count). The number of piperidine rings is 1. The van der Waals surface area contributed by atoms with Gasteiger partial charge < -0.3 is 5.32 Å². The maximum Gasteiger partial charge on any atom is 0.226 e. The highest BCUT2D eigenvalue weighted by atomic mass is 16.2. The van der Waals surface area contributed by atoms with Gasteiger partial charge >= 0.3 is 0 Å². The van der Waals surface area contributed by atoms with E-state index in [4.69, 9.17) is 0 Å². The fourth-order valence-corrected chi connectivity index (χ4v) is 9.65. The van der Waals surface area contributed by atoms with Crippen LogP contribution in [0.5, 0.6) is 0 Å². The van der Waals surface area contributed by atoms with Gasteiger partial charge in [0.25, 0.3) is 0 Å². The van der Waals surface area contributed by atoms with Crippen LogP contribution in [-0.4, -0.2) is 35.5 Å². The molecule has 5 aliphatic carbocycles. The maximum atomic E-state index is 14.0. The van der Waals surface area contributed by atoms with Gasteiger partial charge in [-0.15, -0.1) is 0 Å². The predicted molar refractivity (Wildman–Crippen MR) is 113 cm³/mol. The predicted octanol–water partition coefficient (Wildman–Crippen LogP) is 4.27. The van der Waals surface area contributed by atoms with Crippen molar-refractivity contribution >= 4 is 5.91 Å². The lowest BCUT2D eigenvalue weighted by atomic mass is 9.38. The van der Waals surface area contributed by atoms with Gasteiger partial charge in [0.1, 0.15) is 0 Å². The molecule has 2 aliphatic heterocycles. The highest BCUT2D eigenvalue weighted by Gasteiger charge is 2.73. The number of hydrogen-bond acceptors (Lipinski definition) is 2. The number of carbonyl (C=O) groups is 1. The first-order valence-electron chi connectivity index (χ1n) is 12.1. The zero-order valence-electron chi connectivity index (χ0n) is 17.8. The van der Waals surface area contributed by atoms with E-state index < -0.39 is 0 Å². The fraction of sp³-hybridized carbons (Fsp3) is 0.731. The number of nitrogens with zero attached hydrogens (tertiary/aromatic N) is 1. The van der Waals surface area contributed by atoms with Crippen molar-refractivity contribution in [3.63, 3.8) is 0 Å². The molecule has 2 heterocycles. The summed E-state index contributed by atoms with van der Waals surface area (Å²) in [6, 6.07) is 11.7.